The largest absolute Gasteiger partial charge is 0.516 e. The minimum Gasteiger partial charge on any atom is -0.390 e. The van der Waals surface area contributed by atoms with Gasteiger partial charge in [-0.25, -0.2) is 0 Å². The maximum atomic E-state index is 12.9. The van der Waals surface area contributed by atoms with E-state index in [0.29, 0.717) is 5.56 Å². The van der Waals surface area contributed by atoms with Gasteiger partial charge in [0.2, 0.25) is 0 Å². The molecule has 0 aliphatic heterocycles. The van der Waals surface area contributed by atoms with Gasteiger partial charge in [0, 0.05) is 16.1 Å². The molecule has 3 aromatic carbocycles. The van der Waals surface area contributed by atoms with E-state index in [4.69, 9.17) is 16.4 Å². The molecule has 3 aromatic rings. The van der Waals surface area contributed by atoms with E-state index in [1.807, 2.05) is 0 Å². The first-order chi connectivity index (χ1) is 16.3. The Morgan fingerprint density at radius 1 is 0.914 bits per heavy atom. The highest BCUT2D eigenvalue weighted by Gasteiger charge is 2.46. The molecule has 5 nitrogen and oxygen atoms in total. The zero-order valence-corrected chi connectivity index (χ0v) is 18.9. The van der Waals surface area contributed by atoms with Crippen molar-refractivity contribution < 1.29 is 39.6 Å². The second-order valence-corrected chi connectivity index (χ2v) is 9.13. The van der Waals surface area contributed by atoms with Crippen LogP contribution >= 0.6 is 11.6 Å². The van der Waals surface area contributed by atoms with Gasteiger partial charge >= 0.3 is 21.7 Å². The number of sulfonamides is 1. The van der Waals surface area contributed by atoms with Crippen LogP contribution in [0.3, 0.4) is 0 Å². The molecular formula is C22H15ClF6N2O3S. The summed E-state index contributed by atoms with van der Waals surface area (Å²) >= 11 is 6.00. The first-order valence-corrected chi connectivity index (χ1v) is 11.4. The number of nitrogens with one attached hydrogen (secondary N) is 1. The number of hydrogen-bond donors (Lipinski definition) is 1. The molecule has 0 aromatic heterocycles. The van der Waals surface area contributed by atoms with Crippen LogP contribution in [0.5, 0.6) is 0 Å². The molecule has 0 amide bonds. The van der Waals surface area contributed by atoms with E-state index in [0.717, 1.165) is 18.2 Å². The smallest absolute Gasteiger partial charge is 0.390 e. The summed E-state index contributed by atoms with van der Waals surface area (Å²) in [5.74, 6) is 0. The maximum absolute atomic E-state index is 12.9. The first kappa shape index (κ1) is 26.4. The van der Waals surface area contributed by atoms with Crippen molar-refractivity contribution in [3.8, 4) is 0 Å². The van der Waals surface area contributed by atoms with Gasteiger partial charge < -0.3 is 4.84 Å². The number of hydrogen-bond acceptors (Lipinski definition) is 4. The molecule has 13 heteroatoms. The van der Waals surface area contributed by atoms with Crippen LogP contribution in [-0.4, -0.2) is 19.6 Å². The molecule has 1 N–H and O–H groups in total. The number of benzene rings is 3. The fourth-order valence-electron chi connectivity index (χ4n) is 2.87. The van der Waals surface area contributed by atoms with Crippen molar-refractivity contribution in [3.63, 3.8) is 0 Å². The number of nitrogens with zero attached hydrogens (tertiary/aromatic N) is 1. The predicted octanol–water partition coefficient (Wildman–Crippen LogP) is 6.59. The molecule has 0 saturated carbocycles. The molecule has 0 atom stereocenters. The average molecular weight is 537 g/mol. The number of halogens is 7. The molecule has 35 heavy (non-hydrogen) atoms. The summed E-state index contributed by atoms with van der Waals surface area (Å²) in [5.41, 5.74) is -6.80. The predicted molar refractivity (Wildman–Crippen MR) is 118 cm³/mol. The van der Waals surface area contributed by atoms with E-state index in [9.17, 15) is 34.8 Å². The van der Waals surface area contributed by atoms with E-state index in [2.05, 4.69) is 5.16 Å². The van der Waals surface area contributed by atoms with Gasteiger partial charge in [0.15, 0.2) is 0 Å². The molecule has 0 spiro atoms. The van der Waals surface area contributed by atoms with Crippen LogP contribution in [0.4, 0.5) is 32.0 Å². The van der Waals surface area contributed by atoms with Gasteiger partial charge in [0.05, 0.1) is 11.3 Å². The molecule has 0 fully saturated rings. The Morgan fingerprint density at radius 2 is 1.60 bits per heavy atom. The standard InChI is InChI=1S/C22H15ClF6N2O3S/c23-17-9-10-19(31-35(32,33)22(27,28)29)18(12-17)20(15-6-2-1-3-7-15)30-34-13-14-5-4-8-16(11-14)21(24,25)26/h1-12,31H,13H2. The monoisotopic (exact) mass is 536 g/mol. The number of anilines is 1. The lowest BCUT2D eigenvalue weighted by molar-refractivity contribution is -0.137. The Hall–Kier alpha value is -3.25. The molecule has 0 aliphatic rings. The van der Waals surface area contributed by atoms with Gasteiger partial charge in [-0.05, 0) is 35.9 Å². The summed E-state index contributed by atoms with van der Waals surface area (Å²) in [6.07, 6.45) is -4.57. The quantitative estimate of drug-likeness (QED) is 0.210. The summed E-state index contributed by atoms with van der Waals surface area (Å²) in [6, 6.07) is 15.5. The molecule has 0 unspecified atom stereocenters. The lowest BCUT2D eigenvalue weighted by atomic mass is 10.0. The van der Waals surface area contributed by atoms with E-state index in [-0.39, 0.29) is 21.9 Å². The highest BCUT2D eigenvalue weighted by atomic mass is 35.5. The molecule has 3 rings (SSSR count). The summed E-state index contributed by atoms with van der Waals surface area (Å²) in [4.78, 5) is 5.23. The van der Waals surface area contributed by atoms with Crippen LogP contribution in [0, 0.1) is 0 Å². The topological polar surface area (TPSA) is 67.8 Å². The SMILES string of the molecule is O=S(=O)(Nc1ccc(Cl)cc1C(=NOCc1cccc(C(F)(F)F)c1)c1ccccc1)C(F)(F)F. The van der Waals surface area contributed by atoms with Gasteiger partial charge in [0.25, 0.3) is 0 Å². The summed E-state index contributed by atoms with van der Waals surface area (Å²) in [5, 5.41) is 3.96. The third kappa shape index (κ3) is 6.67. The van der Waals surface area contributed by atoms with Crippen LogP contribution in [0.15, 0.2) is 78.0 Å². The second kappa shape index (κ2) is 10.2. The Kier molecular flexibility index (Phi) is 7.65. The Bertz CT molecular complexity index is 1330. The minimum atomic E-state index is -5.78. The summed E-state index contributed by atoms with van der Waals surface area (Å²) in [7, 11) is -5.78. The van der Waals surface area contributed by atoms with Crippen molar-refractivity contribution in [2.75, 3.05) is 4.72 Å². The Labute approximate surface area is 201 Å². The number of rotatable bonds is 7. The van der Waals surface area contributed by atoms with E-state index < -0.39 is 39.6 Å². The third-order valence-corrected chi connectivity index (χ3v) is 5.81. The molecule has 0 bridgehead atoms. The van der Waals surface area contributed by atoms with Gasteiger partial charge in [-0.3, -0.25) is 4.72 Å². The molecule has 0 saturated heterocycles. The van der Waals surface area contributed by atoms with Crippen LogP contribution in [-0.2, 0) is 27.6 Å². The Morgan fingerprint density at radius 3 is 2.23 bits per heavy atom. The van der Waals surface area contributed by atoms with E-state index in [1.54, 1.807) is 18.2 Å². The molecule has 0 aliphatic carbocycles. The van der Waals surface area contributed by atoms with Crippen LogP contribution in [0.2, 0.25) is 5.02 Å². The van der Waals surface area contributed by atoms with E-state index >= 15 is 0 Å². The zero-order chi connectivity index (χ0) is 25.9. The van der Waals surface area contributed by atoms with Gasteiger partial charge in [-0.1, -0.05) is 59.2 Å². The van der Waals surface area contributed by atoms with Crippen molar-refractivity contribution in [1.82, 2.24) is 0 Å². The average Bonchev–Trinajstić information content (AvgIpc) is 2.77. The first-order valence-electron chi connectivity index (χ1n) is 9.58. The van der Waals surface area contributed by atoms with Gasteiger partial charge in [-0.15, -0.1) is 0 Å². The molecular weight excluding hydrogens is 522 g/mol. The number of alkyl halides is 6. The zero-order valence-electron chi connectivity index (χ0n) is 17.4. The van der Waals surface area contributed by atoms with Gasteiger partial charge in [-0.2, -0.15) is 34.8 Å². The lowest BCUT2D eigenvalue weighted by Crippen LogP contribution is -2.30. The summed E-state index contributed by atoms with van der Waals surface area (Å²) < 4.78 is 103. The maximum Gasteiger partial charge on any atom is 0.516 e. The van der Waals surface area contributed by atoms with Crippen molar-refractivity contribution in [2.24, 2.45) is 5.16 Å². The van der Waals surface area contributed by atoms with E-state index in [1.165, 1.54) is 41.1 Å². The fourth-order valence-corrected chi connectivity index (χ4v) is 3.62. The highest BCUT2D eigenvalue weighted by molar-refractivity contribution is 7.93. The van der Waals surface area contributed by atoms with Crippen molar-refractivity contribution in [1.29, 1.82) is 0 Å². The Balaban J connectivity index is 2.02. The molecule has 0 heterocycles. The second-order valence-electron chi connectivity index (χ2n) is 7.02. The van der Waals surface area contributed by atoms with Crippen molar-refractivity contribution in [3.05, 3.63) is 100 Å². The van der Waals surface area contributed by atoms with Crippen LogP contribution in [0.1, 0.15) is 22.3 Å². The normalized spacial score (nSPS) is 12.9. The van der Waals surface area contributed by atoms with Crippen molar-refractivity contribution in [2.45, 2.75) is 18.3 Å². The lowest BCUT2D eigenvalue weighted by Gasteiger charge is -2.16. The highest BCUT2D eigenvalue weighted by Crippen LogP contribution is 2.31. The fraction of sp³-hybridized carbons (Fsp3) is 0.136. The minimum absolute atomic E-state index is 0.0523. The molecule has 186 valence electrons. The van der Waals surface area contributed by atoms with Crippen LogP contribution in [0.25, 0.3) is 0 Å². The van der Waals surface area contributed by atoms with Gasteiger partial charge in [0.1, 0.15) is 12.3 Å². The molecule has 0 radical (unpaired) electrons. The van der Waals surface area contributed by atoms with Crippen LogP contribution < -0.4 is 4.72 Å². The third-order valence-electron chi connectivity index (χ3n) is 4.47. The number of oxime groups is 1. The van der Waals surface area contributed by atoms with Crippen molar-refractivity contribution >= 4 is 33.0 Å². The summed E-state index contributed by atoms with van der Waals surface area (Å²) in [6.45, 7) is -0.412.